The SMILES string of the molecule is CCC(N)(CC)c1noc(CCc2ccc(OC)cc2)n1. The number of aromatic nitrogens is 2. The maximum Gasteiger partial charge on any atom is 0.227 e. The van der Waals surface area contributed by atoms with Crippen LogP contribution in [-0.2, 0) is 18.4 Å². The molecular weight excluding hydrogens is 266 g/mol. The number of nitrogens with zero attached hydrogens (tertiary/aromatic N) is 2. The largest absolute Gasteiger partial charge is 0.497 e. The highest BCUT2D eigenvalue weighted by Crippen LogP contribution is 2.23. The van der Waals surface area contributed by atoms with Crippen LogP contribution in [0.5, 0.6) is 5.75 Å². The van der Waals surface area contributed by atoms with Crippen LogP contribution in [0.15, 0.2) is 28.8 Å². The predicted molar refractivity (Wildman–Crippen MR) is 81.1 cm³/mol. The van der Waals surface area contributed by atoms with Crippen molar-refractivity contribution in [1.82, 2.24) is 10.1 Å². The highest BCUT2D eigenvalue weighted by Gasteiger charge is 2.28. The Morgan fingerprint density at radius 2 is 1.81 bits per heavy atom. The first-order chi connectivity index (χ1) is 10.1. The molecule has 1 heterocycles. The van der Waals surface area contributed by atoms with Crippen molar-refractivity contribution < 1.29 is 9.26 Å². The first-order valence-electron chi connectivity index (χ1n) is 7.36. The molecule has 0 atom stereocenters. The molecule has 2 aromatic rings. The zero-order valence-electron chi connectivity index (χ0n) is 12.9. The number of hydrogen-bond donors (Lipinski definition) is 1. The minimum atomic E-state index is -0.484. The molecular formula is C16H23N3O2. The quantitative estimate of drug-likeness (QED) is 0.848. The molecule has 5 heteroatoms. The van der Waals surface area contributed by atoms with Gasteiger partial charge in [0.25, 0.3) is 0 Å². The Hall–Kier alpha value is -1.88. The van der Waals surface area contributed by atoms with Gasteiger partial charge in [-0.3, -0.25) is 0 Å². The van der Waals surface area contributed by atoms with E-state index < -0.39 is 5.54 Å². The highest BCUT2D eigenvalue weighted by molar-refractivity contribution is 5.27. The van der Waals surface area contributed by atoms with E-state index in [2.05, 4.69) is 10.1 Å². The molecule has 0 aliphatic heterocycles. The van der Waals surface area contributed by atoms with Crippen molar-refractivity contribution in [3.8, 4) is 5.75 Å². The van der Waals surface area contributed by atoms with Crippen molar-refractivity contribution in [3.63, 3.8) is 0 Å². The second kappa shape index (κ2) is 6.72. The molecule has 0 aliphatic carbocycles. The van der Waals surface area contributed by atoms with Crippen molar-refractivity contribution in [2.45, 2.75) is 45.1 Å². The second-order valence-corrected chi connectivity index (χ2v) is 5.22. The molecule has 0 fully saturated rings. The summed E-state index contributed by atoms with van der Waals surface area (Å²) in [6, 6.07) is 7.99. The van der Waals surface area contributed by atoms with E-state index in [0.717, 1.165) is 25.0 Å². The van der Waals surface area contributed by atoms with E-state index in [4.69, 9.17) is 15.0 Å². The van der Waals surface area contributed by atoms with Crippen molar-refractivity contribution >= 4 is 0 Å². The Bertz CT molecular complexity index is 559. The summed E-state index contributed by atoms with van der Waals surface area (Å²) in [5.41, 5.74) is 7.00. The van der Waals surface area contributed by atoms with Crippen LogP contribution >= 0.6 is 0 Å². The molecule has 114 valence electrons. The summed E-state index contributed by atoms with van der Waals surface area (Å²) < 4.78 is 10.5. The van der Waals surface area contributed by atoms with Gasteiger partial charge < -0.3 is 15.0 Å². The lowest BCUT2D eigenvalue weighted by atomic mass is 9.93. The van der Waals surface area contributed by atoms with Crippen LogP contribution in [0.25, 0.3) is 0 Å². The summed E-state index contributed by atoms with van der Waals surface area (Å²) in [7, 11) is 1.66. The minimum Gasteiger partial charge on any atom is -0.497 e. The van der Waals surface area contributed by atoms with E-state index in [1.807, 2.05) is 38.1 Å². The van der Waals surface area contributed by atoms with E-state index in [0.29, 0.717) is 18.1 Å². The van der Waals surface area contributed by atoms with Crippen LogP contribution in [0.4, 0.5) is 0 Å². The average Bonchev–Trinajstić information content (AvgIpc) is 3.02. The topological polar surface area (TPSA) is 74.2 Å². The van der Waals surface area contributed by atoms with Gasteiger partial charge in [0.15, 0.2) is 5.82 Å². The molecule has 0 unspecified atom stereocenters. The van der Waals surface area contributed by atoms with Crippen molar-refractivity contribution in [1.29, 1.82) is 0 Å². The lowest BCUT2D eigenvalue weighted by molar-refractivity contribution is 0.335. The molecule has 0 bridgehead atoms. The first-order valence-corrected chi connectivity index (χ1v) is 7.36. The number of methoxy groups -OCH3 is 1. The molecule has 0 aliphatic rings. The number of nitrogens with two attached hydrogens (primary N) is 1. The maximum atomic E-state index is 6.27. The third-order valence-corrected chi connectivity index (χ3v) is 3.96. The van der Waals surface area contributed by atoms with Crippen molar-refractivity contribution in [3.05, 3.63) is 41.5 Å². The van der Waals surface area contributed by atoms with E-state index in [9.17, 15) is 0 Å². The van der Waals surface area contributed by atoms with Crippen LogP contribution in [0.2, 0.25) is 0 Å². The zero-order valence-corrected chi connectivity index (χ0v) is 12.9. The molecule has 0 amide bonds. The highest BCUT2D eigenvalue weighted by atomic mass is 16.5. The van der Waals surface area contributed by atoms with Gasteiger partial charge in [-0.2, -0.15) is 4.98 Å². The van der Waals surface area contributed by atoms with Gasteiger partial charge in [-0.1, -0.05) is 31.1 Å². The van der Waals surface area contributed by atoms with Crippen molar-refractivity contribution in [2.75, 3.05) is 7.11 Å². The Morgan fingerprint density at radius 3 is 2.38 bits per heavy atom. The molecule has 0 spiro atoms. The lowest BCUT2D eigenvalue weighted by Gasteiger charge is -2.21. The number of hydrogen-bond acceptors (Lipinski definition) is 5. The minimum absolute atomic E-state index is 0.484. The molecule has 21 heavy (non-hydrogen) atoms. The second-order valence-electron chi connectivity index (χ2n) is 5.22. The van der Waals surface area contributed by atoms with Gasteiger partial charge in [0, 0.05) is 6.42 Å². The van der Waals surface area contributed by atoms with E-state index in [1.165, 1.54) is 5.56 Å². The third kappa shape index (κ3) is 3.61. The van der Waals surface area contributed by atoms with Gasteiger partial charge in [-0.25, -0.2) is 0 Å². The van der Waals surface area contributed by atoms with Gasteiger partial charge in [-0.05, 0) is 37.0 Å². The van der Waals surface area contributed by atoms with Crippen LogP contribution < -0.4 is 10.5 Å². The maximum absolute atomic E-state index is 6.27. The van der Waals surface area contributed by atoms with E-state index in [-0.39, 0.29) is 0 Å². The van der Waals surface area contributed by atoms with Gasteiger partial charge in [0.1, 0.15) is 5.75 Å². The number of aryl methyl sites for hydroxylation is 2. The van der Waals surface area contributed by atoms with Gasteiger partial charge in [0.05, 0.1) is 12.6 Å². The first kappa shape index (κ1) is 15.5. The third-order valence-electron chi connectivity index (χ3n) is 3.96. The van der Waals surface area contributed by atoms with Gasteiger partial charge in [0.2, 0.25) is 5.89 Å². The van der Waals surface area contributed by atoms with Crippen LogP contribution in [0.3, 0.4) is 0 Å². The van der Waals surface area contributed by atoms with Gasteiger partial charge in [-0.15, -0.1) is 0 Å². The fourth-order valence-electron chi connectivity index (χ4n) is 2.17. The average molecular weight is 289 g/mol. The molecule has 0 saturated heterocycles. The smallest absolute Gasteiger partial charge is 0.227 e. The fraction of sp³-hybridized carbons (Fsp3) is 0.500. The molecule has 2 N–H and O–H groups in total. The Labute approximate surface area is 125 Å². The summed E-state index contributed by atoms with van der Waals surface area (Å²) >= 11 is 0. The fourth-order valence-corrected chi connectivity index (χ4v) is 2.17. The van der Waals surface area contributed by atoms with Crippen molar-refractivity contribution in [2.24, 2.45) is 5.73 Å². The summed E-state index contributed by atoms with van der Waals surface area (Å²) in [6.45, 7) is 4.08. The normalized spacial score (nSPS) is 11.6. The summed E-state index contributed by atoms with van der Waals surface area (Å²) in [5.74, 6) is 2.10. The molecule has 0 saturated carbocycles. The summed E-state index contributed by atoms with van der Waals surface area (Å²) in [4.78, 5) is 4.45. The molecule has 5 nitrogen and oxygen atoms in total. The standard InChI is InChI=1S/C16H23N3O2/c1-4-16(17,5-2)15-18-14(21-19-15)11-8-12-6-9-13(20-3)10-7-12/h6-7,9-10H,4-5,8,11,17H2,1-3H3. The molecule has 2 rings (SSSR count). The van der Waals surface area contributed by atoms with E-state index in [1.54, 1.807) is 7.11 Å². The Morgan fingerprint density at radius 1 is 1.14 bits per heavy atom. The predicted octanol–water partition coefficient (Wildman–Crippen LogP) is 2.84. The summed E-state index contributed by atoms with van der Waals surface area (Å²) in [6.07, 6.45) is 3.15. The summed E-state index contributed by atoms with van der Waals surface area (Å²) in [5, 5.41) is 4.04. The molecule has 0 radical (unpaired) electrons. The van der Waals surface area contributed by atoms with Crippen LogP contribution in [0, 0.1) is 0 Å². The number of rotatable bonds is 7. The van der Waals surface area contributed by atoms with Gasteiger partial charge >= 0.3 is 0 Å². The van der Waals surface area contributed by atoms with Crippen LogP contribution in [-0.4, -0.2) is 17.3 Å². The molecule has 1 aromatic heterocycles. The Kier molecular flexibility index (Phi) is 4.96. The lowest BCUT2D eigenvalue weighted by Crippen LogP contribution is -2.36. The number of ether oxygens (including phenoxy) is 1. The Balaban J connectivity index is 1.99. The van der Waals surface area contributed by atoms with E-state index >= 15 is 0 Å². The zero-order chi connectivity index (χ0) is 15.3. The monoisotopic (exact) mass is 289 g/mol. The molecule has 1 aromatic carbocycles. The van der Waals surface area contributed by atoms with Crippen LogP contribution in [0.1, 0.15) is 44.0 Å². The number of benzene rings is 1.